The fourth-order valence-corrected chi connectivity index (χ4v) is 3.55. The fraction of sp³-hybridized carbons (Fsp3) is 0.412. The summed E-state index contributed by atoms with van der Waals surface area (Å²) in [6, 6.07) is 4.50. The molecule has 1 saturated heterocycles. The normalized spacial score (nSPS) is 18.0. The molecule has 24 heavy (non-hydrogen) atoms. The fourth-order valence-electron chi connectivity index (χ4n) is 3.02. The Balaban J connectivity index is 1.89. The lowest BCUT2D eigenvalue weighted by atomic mass is 10.1. The van der Waals surface area contributed by atoms with Gasteiger partial charge < -0.3 is 14.8 Å². The summed E-state index contributed by atoms with van der Waals surface area (Å²) in [5.41, 5.74) is 1.10. The van der Waals surface area contributed by atoms with Gasteiger partial charge >= 0.3 is 0 Å². The van der Waals surface area contributed by atoms with E-state index in [-0.39, 0.29) is 17.8 Å². The van der Waals surface area contributed by atoms with Crippen LogP contribution in [0.1, 0.15) is 27.8 Å². The smallest absolute Gasteiger partial charge is 0.254 e. The monoisotopic (exact) mass is 348 g/mol. The van der Waals surface area contributed by atoms with Gasteiger partial charge in [-0.1, -0.05) is 0 Å². The van der Waals surface area contributed by atoms with Crippen LogP contribution in [0.4, 0.5) is 4.39 Å². The van der Waals surface area contributed by atoms with Gasteiger partial charge in [-0.25, -0.2) is 9.37 Å². The van der Waals surface area contributed by atoms with Crippen LogP contribution >= 0.6 is 11.8 Å². The van der Waals surface area contributed by atoms with Crippen molar-refractivity contribution in [2.24, 2.45) is 7.05 Å². The quantitative estimate of drug-likeness (QED) is 0.920. The number of benzene rings is 1. The van der Waals surface area contributed by atoms with E-state index in [2.05, 4.69) is 10.3 Å². The molecule has 1 aliphatic rings. The van der Waals surface area contributed by atoms with Crippen molar-refractivity contribution < 1.29 is 9.18 Å². The van der Waals surface area contributed by atoms with Crippen LogP contribution in [0.5, 0.6) is 0 Å². The number of hydrogen-bond donors (Lipinski definition) is 1. The molecule has 0 spiro atoms. The Labute approximate surface area is 145 Å². The molecule has 2 heterocycles. The summed E-state index contributed by atoms with van der Waals surface area (Å²) in [7, 11) is 1.92. The lowest BCUT2D eigenvalue weighted by Gasteiger charge is -2.35. The average Bonchev–Trinajstić information content (AvgIpc) is 3.02. The third-order valence-corrected chi connectivity index (χ3v) is 4.85. The number of thioether (sulfide) groups is 1. The second kappa shape index (κ2) is 7.36. The molecule has 1 unspecified atom stereocenters. The summed E-state index contributed by atoms with van der Waals surface area (Å²) in [4.78, 5) is 19.2. The van der Waals surface area contributed by atoms with Crippen LogP contribution in [0, 0.1) is 5.82 Å². The molecule has 1 aromatic heterocycles. The first-order valence-electron chi connectivity index (χ1n) is 7.88. The molecule has 1 N–H and O–H groups in total. The number of aromatic nitrogens is 2. The van der Waals surface area contributed by atoms with Crippen molar-refractivity contribution >= 4 is 17.7 Å². The van der Waals surface area contributed by atoms with Gasteiger partial charge in [0, 0.05) is 50.4 Å². The van der Waals surface area contributed by atoms with Gasteiger partial charge in [-0.15, -0.1) is 0 Å². The molecule has 128 valence electrons. The highest BCUT2D eigenvalue weighted by atomic mass is 32.2. The molecular weight excluding hydrogens is 327 g/mol. The van der Waals surface area contributed by atoms with Crippen molar-refractivity contribution in [3.8, 4) is 0 Å². The Bertz CT molecular complexity index is 733. The number of nitrogens with zero attached hydrogens (tertiary/aromatic N) is 3. The zero-order valence-corrected chi connectivity index (χ0v) is 14.6. The lowest BCUT2D eigenvalue weighted by molar-refractivity contribution is 0.0620. The lowest BCUT2D eigenvalue weighted by Crippen LogP contribution is -2.49. The van der Waals surface area contributed by atoms with Crippen LogP contribution in [0.2, 0.25) is 0 Å². The number of amides is 1. The minimum absolute atomic E-state index is 0.0770. The SMILES string of the molecule is CSCc1cc(C(=O)N2CCNCC2c2nccn2C)ccc1F. The Morgan fingerprint density at radius 2 is 2.33 bits per heavy atom. The van der Waals surface area contributed by atoms with E-state index in [1.807, 2.05) is 29.0 Å². The number of halogens is 1. The van der Waals surface area contributed by atoms with Crippen molar-refractivity contribution in [3.05, 3.63) is 53.4 Å². The Morgan fingerprint density at radius 3 is 3.04 bits per heavy atom. The van der Waals surface area contributed by atoms with Gasteiger partial charge in [0.2, 0.25) is 0 Å². The highest BCUT2D eigenvalue weighted by molar-refractivity contribution is 7.97. The van der Waals surface area contributed by atoms with E-state index in [4.69, 9.17) is 0 Å². The zero-order chi connectivity index (χ0) is 17.1. The van der Waals surface area contributed by atoms with Crippen molar-refractivity contribution in [2.45, 2.75) is 11.8 Å². The van der Waals surface area contributed by atoms with Crippen LogP contribution in [0.15, 0.2) is 30.6 Å². The summed E-state index contributed by atoms with van der Waals surface area (Å²) in [6.07, 6.45) is 5.53. The molecule has 1 aliphatic heterocycles. The second-order valence-corrected chi connectivity index (χ2v) is 6.72. The number of piperazine rings is 1. The number of rotatable bonds is 4. The van der Waals surface area contributed by atoms with Crippen molar-refractivity contribution in [1.82, 2.24) is 19.8 Å². The molecule has 5 nitrogen and oxygen atoms in total. The van der Waals surface area contributed by atoms with Gasteiger partial charge in [-0.2, -0.15) is 11.8 Å². The maximum atomic E-state index is 13.9. The number of imidazole rings is 1. The highest BCUT2D eigenvalue weighted by Crippen LogP contribution is 2.24. The van der Waals surface area contributed by atoms with Gasteiger partial charge in [0.1, 0.15) is 17.7 Å². The van der Waals surface area contributed by atoms with Gasteiger partial charge in [-0.05, 0) is 30.0 Å². The van der Waals surface area contributed by atoms with Gasteiger partial charge in [0.05, 0.1) is 0 Å². The largest absolute Gasteiger partial charge is 0.336 e. The van der Waals surface area contributed by atoms with Gasteiger partial charge in [0.25, 0.3) is 5.91 Å². The Hall–Kier alpha value is -1.86. The van der Waals surface area contributed by atoms with E-state index in [9.17, 15) is 9.18 Å². The minimum Gasteiger partial charge on any atom is -0.336 e. The molecule has 7 heteroatoms. The summed E-state index contributed by atoms with van der Waals surface area (Å²) in [6.45, 7) is 2.01. The van der Waals surface area contributed by atoms with Gasteiger partial charge in [0.15, 0.2) is 0 Å². The van der Waals surface area contributed by atoms with Crippen LogP contribution in [-0.4, -0.2) is 46.2 Å². The molecule has 1 aromatic carbocycles. The maximum absolute atomic E-state index is 13.9. The maximum Gasteiger partial charge on any atom is 0.254 e. The van der Waals surface area contributed by atoms with Crippen molar-refractivity contribution in [2.75, 3.05) is 25.9 Å². The minimum atomic E-state index is -0.262. The molecule has 3 rings (SSSR count). The molecule has 0 aliphatic carbocycles. The molecule has 0 bridgehead atoms. The van der Waals surface area contributed by atoms with Crippen molar-refractivity contribution in [1.29, 1.82) is 0 Å². The summed E-state index contributed by atoms with van der Waals surface area (Å²) in [5.74, 6) is 1.06. The van der Waals surface area contributed by atoms with Crippen molar-refractivity contribution in [3.63, 3.8) is 0 Å². The van der Waals surface area contributed by atoms with Gasteiger partial charge in [-0.3, -0.25) is 4.79 Å². The molecule has 1 amide bonds. The summed E-state index contributed by atoms with van der Waals surface area (Å²) >= 11 is 1.54. The van der Waals surface area contributed by atoms with E-state index in [1.54, 1.807) is 18.3 Å². The molecule has 1 fully saturated rings. The van der Waals surface area contributed by atoms with E-state index in [1.165, 1.54) is 17.8 Å². The zero-order valence-electron chi connectivity index (χ0n) is 13.8. The van der Waals surface area contributed by atoms with Crippen LogP contribution in [0.25, 0.3) is 0 Å². The van der Waals surface area contributed by atoms with E-state index < -0.39 is 0 Å². The summed E-state index contributed by atoms with van der Waals surface area (Å²) < 4.78 is 15.8. The number of hydrogen-bond acceptors (Lipinski definition) is 4. The molecular formula is C17H21FN4OS. The summed E-state index contributed by atoms with van der Waals surface area (Å²) in [5, 5.41) is 3.32. The number of aryl methyl sites for hydroxylation is 1. The van der Waals surface area contributed by atoms with Crippen LogP contribution < -0.4 is 5.32 Å². The molecule has 0 radical (unpaired) electrons. The Morgan fingerprint density at radius 1 is 1.50 bits per heavy atom. The first-order chi connectivity index (χ1) is 11.6. The number of nitrogens with one attached hydrogen (secondary N) is 1. The molecule has 1 atom stereocenters. The number of carbonyl (C=O) groups excluding carboxylic acids is 1. The predicted molar refractivity (Wildman–Crippen MR) is 93.5 cm³/mol. The highest BCUT2D eigenvalue weighted by Gasteiger charge is 2.31. The first-order valence-corrected chi connectivity index (χ1v) is 9.27. The predicted octanol–water partition coefficient (Wildman–Crippen LogP) is 2.21. The van der Waals surface area contributed by atoms with E-state index in [0.29, 0.717) is 30.0 Å². The second-order valence-electron chi connectivity index (χ2n) is 5.85. The standard InChI is InChI=1S/C17H21FN4OS/c1-21-7-6-20-16(21)15-10-19-5-8-22(15)17(23)12-3-4-14(18)13(9-12)11-24-2/h3-4,6-7,9,15,19H,5,8,10-11H2,1-2H3. The third kappa shape index (κ3) is 3.32. The Kier molecular flexibility index (Phi) is 5.20. The first kappa shape index (κ1) is 17.0. The van der Waals surface area contributed by atoms with Crippen LogP contribution in [-0.2, 0) is 12.8 Å². The molecule has 0 saturated carbocycles. The van der Waals surface area contributed by atoms with E-state index >= 15 is 0 Å². The average molecular weight is 348 g/mol. The third-order valence-electron chi connectivity index (χ3n) is 4.25. The van der Waals surface area contributed by atoms with E-state index in [0.717, 1.165) is 12.4 Å². The molecule has 2 aromatic rings. The topological polar surface area (TPSA) is 50.2 Å². The van der Waals surface area contributed by atoms with Crippen LogP contribution in [0.3, 0.4) is 0 Å². The number of carbonyl (C=O) groups is 1.